The molecule has 4 rings (SSSR count). The van der Waals surface area contributed by atoms with E-state index >= 15 is 0 Å². The molecule has 2 aromatic rings. The van der Waals surface area contributed by atoms with Crippen molar-refractivity contribution in [2.45, 2.75) is 50.5 Å². The summed E-state index contributed by atoms with van der Waals surface area (Å²) in [6.45, 7) is 0.214. The lowest BCUT2D eigenvalue weighted by Crippen LogP contribution is -2.48. The average Bonchev–Trinajstić information content (AvgIpc) is 3.16. The summed E-state index contributed by atoms with van der Waals surface area (Å²) in [4.78, 5) is 15.0. The van der Waals surface area contributed by atoms with E-state index in [0.29, 0.717) is 28.5 Å². The molecule has 144 valence electrons. The van der Waals surface area contributed by atoms with E-state index in [-0.39, 0.29) is 18.7 Å². The van der Waals surface area contributed by atoms with Gasteiger partial charge in [-0.15, -0.1) is 0 Å². The lowest BCUT2D eigenvalue weighted by atomic mass is 9.98. The molecule has 0 radical (unpaired) electrons. The molecule has 0 spiro atoms. The molecule has 2 bridgehead atoms. The Morgan fingerprint density at radius 2 is 2.07 bits per heavy atom. The molecule has 1 amide bonds. The molecule has 0 aliphatic carbocycles. The number of fused-ring (bicyclic) bond motifs is 2. The van der Waals surface area contributed by atoms with Gasteiger partial charge in [-0.3, -0.25) is 4.79 Å². The molecule has 2 aliphatic heterocycles. The molecule has 0 unspecified atom stereocenters. The van der Waals surface area contributed by atoms with E-state index in [1.807, 2.05) is 0 Å². The number of nitrogens with one attached hydrogen (secondary N) is 1. The van der Waals surface area contributed by atoms with Gasteiger partial charge in [0.1, 0.15) is 11.4 Å². The standard InChI is InChI=1S/C19H22BrClN4O2/c1-24-14-3-4-15(24)10-13(9-14)22-19(26)17-6-7-25(23-17)11-27-18-5-2-12(21)8-16(18)20/h2,5-8,13-15H,3-4,9-11H2,1H3,(H,22,26)/t14-,15-/m0/s1. The van der Waals surface area contributed by atoms with Gasteiger partial charge in [0.05, 0.1) is 4.47 Å². The second-order valence-corrected chi connectivity index (χ2v) is 8.57. The second kappa shape index (κ2) is 7.81. The molecule has 0 saturated carbocycles. The second-order valence-electron chi connectivity index (χ2n) is 7.28. The fourth-order valence-corrected chi connectivity index (χ4v) is 4.87. The quantitative estimate of drug-likeness (QED) is 0.750. The number of piperidine rings is 1. The molecule has 1 N–H and O–H groups in total. The van der Waals surface area contributed by atoms with Crippen LogP contribution in [0.25, 0.3) is 0 Å². The number of carbonyl (C=O) groups excluding carboxylic acids is 1. The van der Waals surface area contributed by atoms with Crippen LogP contribution in [0.4, 0.5) is 0 Å². The van der Waals surface area contributed by atoms with Gasteiger partial charge in [-0.1, -0.05) is 11.6 Å². The van der Waals surface area contributed by atoms with E-state index < -0.39 is 0 Å². The maximum atomic E-state index is 12.5. The van der Waals surface area contributed by atoms with Gasteiger partial charge in [0.15, 0.2) is 6.73 Å². The van der Waals surface area contributed by atoms with Crippen molar-refractivity contribution in [2.24, 2.45) is 0 Å². The molecule has 1 aromatic heterocycles. The first-order valence-electron chi connectivity index (χ1n) is 9.13. The molecule has 2 saturated heterocycles. The Morgan fingerprint density at radius 1 is 1.33 bits per heavy atom. The summed E-state index contributed by atoms with van der Waals surface area (Å²) < 4.78 is 8.11. The molecular weight excluding hydrogens is 432 g/mol. The van der Waals surface area contributed by atoms with Crippen LogP contribution < -0.4 is 10.1 Å². The van der Waals surface area contributed by atoms with Crippen LogP contribution in [0.1, 0.15) is 36.2 Å². The molecule has 2 fully saturated rings. The summed E-state index contributed by atoms with van der Waals surface area (Å²) >= 11 is 9.35. The van der Waals surface area contributed by atoms with E-state index in [4.69, 9.17) is 16.3 Å². The van der Waals surface area contributed by atoms with Crippen LogP contribution in [0.15, 0.2) is 34.9 Å². The number of hydrogen-bond acceptors (Lipinski definition) is 4. The molecule has 1 aromatic carbocycles. The van der Waals surface area contributed by atoms with Crippen LogP contribution in [0, 0.1) is 0 Å². The minimum atomic E-state index is -0.115. The summed E-state index contributed by atoms with van der Waals surface area (Å²) in [6, 6.07) is 8.47. The SMILES string of the molecule is CN1[C@H]2CC[C@H]1CC(NC(=O)c1ccn(COc3ccc(Cl)cc3Br)n1)C2. The minimum absolute atomic E-state index is 0.115. The van der Waals surface area contributed by atoms with Crippen molar-refractivity contribution in [2.75, 3.05) is 7.05 Å². The minimum Gasteiger partial charge on any atom is -0.470 e. The van der Waals surface area contributed by atoms with Gasteiger partial charge in [0.2, 0.25) is 0 Å². The summed E-state index contributed by atoms with van der Waals surface area (Å²) in [5.41, 5.74) is 0.417. The predicted octanol–water partition coefficient (Wildman–Crippen LogP) is 3.69. The van der Waals surface area contributed by atoms with Crippen molar-refractivity contribution in [1.29, 1.82) is 0 Å². The highest BCUT2D eigenvalue weighted by Crippen LogP contribution is 2.34. The number of halogens is 2. The Labute approximate surface area is 171 Å². The largest absolute Gasteiger partial charge is 0.470 e. The van der Waals surface area contributed by atoms with Crippen molar-refractivity contribution in [3.8, 4) is 5.75 Å². The molecule has 2 aliphatic rings. The monoisotopic (exact) mass is 452 g/mol. The third-order valence-corrected chi connectivity index (χ3v) is 6.41. The molecule has 2 atom stereocenters. The normalized spacial score (nSPS) is 24.8. The summed E-state index contributed by atoms with van der Waals surface area (Å²) in [5.74, 6) is 0.554. The fraction of sp³-hybridized carbons (Fsp3) is 0.474. The van der Waals surface area contributed by atoms with Crippen molar-refractivity contribution in [1.82, 2.24) is 20.0 Å². The zero-order valence-electron chi connectivity index (χ0n) is 15.1. The Kier molecular flexibility index (Phi) is 5.43. The highest BCUT2D eigenvalue weighted by molar-refractivity contribution is 9.10. The topological polar surface area (TPSA) is 59.4 Å². The Morgan fingerprint density at radius 3 is 2.78 bits per heavy atom. The van der Waals surface area contributed by atoms with Crippen LogP contribution in [0.5, 0.6) is 5.75 Å². The van der Waals surface area contributed by atoms with Crippen LogP contribution in [0.2, 0.25) is 5.02 Å². The van der Waals surface area contributed by atoms with Gasteiger partial charge in [-0.25, -0.2) is 4.68 Å². The van der Waals surface area contributed by atoms with E-state index in [1.54, 1.807) is 35.1 Å². The maximum absolute atomic E-state index is 12.5. The number of carbonyl (C=O) groups is 1. The summed E-state index contributed by atoms with van der Waals surface area (Å²) in [6.07, 6.45) is 6.26. The first-order chi connectivity index (χ1) is 13.0. The number of nitrogens with zero attached hydrogens (tertiary/aromatic N) is 3. The molecule has 8 heteroatoms. The average molecular weight is 454 g/mol. The van der Waals surface area contributed by atoms with Gasteiger partial charge in [0, 0.05) is 29.3 Å². The number of rotatable bonds is 5. The molecule has 6 nitrogen and oxygen atoms in total. The van der Waals surface area contributed by atoms with Gasteiger partial charge in [-0.05, 0) is 72.9 Å². The number of amides is 1. The predicted molar refractivity (Wildman–Crippen MR) is 107 cm³/mol. The highest BCUT2D eigenvalue weighted by atomic mass is 79.9. The Hall–Kier alpha value is -1.57. The van der Waals surface area contributed by atoms with Crippen LogP contribution in [0.3, 0.4) is 0 Å². The summed E-state index contributed by atoms with van der Waals surface area (Å²) in [5, 5.41) is 8.12. The van der Waals surface area contributed by atoms with E-state index in [2.05, 4.69) is 38.3 Å². The summed E-state index contributed by atoms with van der Waals surface area (Å²) in [7, 11) is 2.20. The van der Waals surface area contributed by atoms with Gasteiger partial charge in [0.25, 0.3) is 5.91 Å². The van der Waals surface area contributed by atoms with Gasteiger partial charge in [-0.2, -0.15) is 5.10 Å². The van der Waals surface area contributed by atoms with Crippen molar-refractivity contribution < 1.29 is 9.53 Å². The van der Waals surface area contributed by atoms with Gasteiger partial charge >= 0.3 is 0 Å². The third-order valence-electron chi connectivity index (χ3n) is 5.55. The maximum Gasteiger partial charge on any atom is 0.271 e. The Bertz CT molecular complexity index is 829. The number of aromatic nitrogens is 2. The van der Waals surface area contributed by atoms with E-state index in [1.165, 1.54) is 12.8 Å². The highest BCUT2D eigenvalue weighted by Gasteiger charge is 2.38. The molecular formula is C19H22BrClN4O2. The van der Waals surface area contributed by atoms with Crippen molar-refractivity contribution >= 4 is 33.4 Å². The molecule has 27 heavy (non-hydrogen) atoms. The Balaban J connectivity index is 1.33. The van der Waals surface area contributed by atoms with E-state index in [0.717, 1.165) is 17.3 Å². The lowest BCUT2D eigenvalue weighted by Gasteiger charge is -2.36. The first-order valence-corrected chi connectivity index (χ1v) is 10.3. The zero-order valence-corrected chi connectivity index (χ0v) is 17.4. The first kappa shape index (κ1) is 18.8. The smallest absolute Gasteiger partial charge is 0.271 e. The zero-order chi connectivity index (χ0) is 19.0. The van der Waals surface area contributed by atoms with Crippen LogP contribution in [-0.4, -0.2) is 45.8 Å². The van der Waals surface area contributed by atoms with Crippen molar-refractivity contribution in [3.05, 3.63) is 45.7 Å². The number of ether oxygens (including phenoxy) is 1. The van der Waals surface area contributed by atoms with Gasteiger partial charge < -0.3 is 15.0 Å². The van der Waals surface area contributed by atoms with E-state index in [9.17, 15) is 4.79 Å². The fourth-order valence-electron chi connectivity index (χ4n) is 4.07. The van der Waals surface area contributed by atoms with Crippen LogP contribution >= 0.6 is 27.5 Å². The van der Waals surface area contributed by atoms with Crippen LogP contribution in [-0.2, 0) is 6.73 Å². The molecule has 3 heterocycles. The number of hydrogen-bond donors (Lipinski definition) is 1. The van der Waals surface area contributed by atoms with Crippen molar-refractivity contribution in [3.63, 3.8) is 0 Å². The number of benzene rings is 1. The lowest BCUT2D eigenvalue weighted by molar-refractivity contribution is 0.0875. The third kappa shape index (κ3) is 4.15.